The molecule has 1 aromatic rings. The Hall–Kier alpha value is -2.09. The van der Waals surface area contributed by atoms with Gasteiger partial charge < -0.3 is 16.2 Å². The summed E-state index contributed by atoms with van der Waals surface area (Å²) in [7, 11) is 0. The molecule has 8 heteroatoms. The molecule has 0 fully saturated rings. The van der Waals surface area contributed by atoms with Gasteiger partial charge in [0.1, 0.15) is 0 Å². The predicted molar refractivity (Wildman–Crippen MR) is 69.8 cm³/mol. The summed E-state index contributed by atoms with van der Waals surface area (Å²) in [5.41, 5.74) is 3.62. The molecule has 0 bridgehead atoms. The fourth-order valence-electron chi connectivity index (χ4n) is 1.53. The first-order chi connectivity index (χ1) is 9.54. The molecule has 4 N–H and O–H groups in total. The molecule has 0 aromatic heterocycles. The van der Waals surface area contributed by atoms with Crippen LogP contribution in [-0.4, -0.2) is 23.0 Å². The summed E-state index contributed by atoms with van der Waals surface area (Å²) in [6.07, 6.45) is -4.67. The van der Waals surface area contributed by atoms with Gasteiger partial charge in [-0.1, -0.05) is 13.8 Å². The van der Waals surface area contributed by atoms with Crippen molar-refractivity contribution in [2.75, 3.05) is 5.32 Å². The number of benzene rings is 1. The third kappa shape index (κ3) is 4.19. The molecule has 0 heterocycles. The number of alkyl halides is 3. The van der Waals surface area contributed by atoms with E-state index in [1.54, 1.807) is 13.8 Å². The summed E-state index contributed by atoms with van der Waals surface area (Å²) in [5.74, 6) is -2.44. The average molecular weight is 304 g/mol. The second kappa shape index (κ2) is 6.13. The van der Waals surface area contributed by atoms with Gasteiger partial charge in [-0.25, -0.2) is 4.79 Å². The summed E-state index contributed by atoms with van der Waals surface area (Å²) in [6.45, 7) is 3.38. The second-order valence-electron chi connectivity index (χ2n) is 4.82. The highest BCUT2D eigenvalue weighted by molar-refractivity contribution is 6.02. The largest absolute Gasteiger partial charge is 0.478 e. The van der Waals surface area contributed by atoms with E-state index in [-0.39, 0.29) is 11.6 Å². The van der Waals surface area contributed by atoms with E-state index >= 15 is 0 Å². The van der Waals surface area contributed by atoms with Gasteiger partial charge in [0.25, 0.3) is 0 Å². The first kappa shape index (κ1) is 17.0. The van der Waals surface area contributed by atoms with Crippen LogP contribution >= 0.6 is 0 Å². The van der Waals surface area contributed by atoms with E-state index in [9.17, 15) is 22.8 Å². The topological polar surface area (TPSA) is 92.4 Å². The van der Waals surface area contributed by atoms with Gasteiger partial charge in [0, 0.05) is 0 Å². The van der Waals surface area contributed by atoms with Gasteiger partial charge in [0.2, 0.25) is 5.91 Å². The number of nitrogens with one attached hydrogen (secondary N) is 1. The van der Waals surface area contributed by atoms with Crippen LogP contribution in [0.3, 0.4) is 0 Å². The summed E-state index contributed by atoms with van der Waals surface area (Å²) in [6, 6.07) is 1.17. The fourth-order valence-corrected chi connectivity index (χ4v) is 1.53. The number of anilines is 1. The number of amides is 1. The molecule has 0 aliphatic carbocycles. The number of rotatable bonds is 4. The van der Waals surface area contributed by atoms with Crippen LogP contribution in [0, 0.1) is 5.92 Å². The molecule has 1 atom stereocenters. The molecule has 0 aliphatic rings. The van der Waals surface area contributed by atoms with Crippen LogP contribution < -0.4 is 11.1 Å². The maximum absolute atomic E-state index is 12.6. The van der Waals surface area contributed by atoms with Crippen molar-refractivity contribution in [3.05, 3.63) is 29.3 Å². The summed E-state index contributed by atoms with van der Waals surface area (Å²) < 4.78 is 37.7. The molecule has 1 amide bonds. The monoisotopic (exact) mass is 304 g/mol. The fraction of sp³-hybridized carbons (Fsp3) is 0.385. The van der Waals surface area contributed by atoms with E-state index < -0.39 is 35.2 Å². The van der Waals surface area contributed by atoms with Crippen LogP contribution in [-0.2, 0) is 11.0 Å². The lowest BCUT2D eigenvalue weighted by molar-refractivity contribution is -0.137. The lowest BCUT2D eigenvalue weighted by Gasteiger charge is -2.17. The molecule has 0 aliphatic heterocycles. The van der Waals surface area contributed by atoms with Crippen LogP contribution in [0.5, 0.6) is 0 Å². The third-order valence-corrected chi connectivity index (χ3v) is 2.86. The molecule has 116 valence electrons. The summed E-state index contributed by atoms with van der Waals surface area (Å²) in [4.78, 5) is 22.8. The zero-order chi connectivity index (χ0) is 16.4. The molecule has 1 rings (SSSR count). The average Bonchev–Trinajstić information content (AvgIpc) is 2.36. The van der Waals surface area contributed by atoms with Crippen molar-refractivity contribution >= 4 is 17.6 Å². The van der Waals surface area contributed by atoms with Crippen LogP contribution in [0.25, 0.3) is 0 Å². The Morgan fingerprint density at radius 1 is 1.29 bits per heavy atom. The standard InChI is InChI=1S/C13H15F3N2O3/c1-6(2)10(17)11(19)18-9-4-3-7(13(14,15)16)5-8(9)12(20)21/h3-6,10H,17H2,1-2H3,(H,18,19)(H,20,21)/t10-/m0/s1. The zero-order valence-corrected chi connectivity index (χ0v) is 11.4. The number of carboxylic acids is 1. The van der Waals surface area contributed by atoms with Crippen LogP contribution in [0.1, 0.15) is 29.8 Å². The van der Waals surface area contributed by atoms with Crippen molar-refractivity contribution in [3.8, 4) is 0 Å². The number of carbonyl (C=O) groups is 2. The Morgan fingerprint density at radius 2 is 1.86 bits per heavy atom. The van der Waals surface area contributed by atoms with E-state index in [0.717, 1.165) is 6.07 Å². The van der Waals surface area contributed by atoms with E-state index in [4.69, 9.17) is 10.8 Å². The Labute approximate surface area is 118 Å². The van der Waals surface area contributed by atoms with E-state index in [0.29, 0.717) is 12.1 Å². The molecule has 0 unspecified atom stereocenters. The Morgan fingerprint density at radius 3 is 2.29 bits per heavy atom. The predicted octanol–water partition coefficient (Wildman–Crippen LogP) is 2.33. The highest BCUT2D eigenvalue weighted by Gasteiger charge is 2.32. The Bertz CT molecular complexity index is 556. The minimum absolute atomic E-state index is 0.201. The molecular weight excluding hydrogens is 289 g/mol. The highest BCUT2D eigenvalue weighted by Crippen LogP contribution is 2.32. The number of hydrogen-bond donors (Lipinski definition) is 3. The van der Waals surface area contributed by atoms with E-state index in [2.05, 4.69) is 5.32 Å². The van der Waals surface area contributed by atoms with Gasteiger partial charge in [0.05, 0.1) is 22.9 Å². The second-order valence-corrected chi connectivity index (χ2v) is 4.82. The molecular formula is C13H15F3N2O3. The minimum Gasteiger partial charge on any atom is -0.478 e. The normalized spacial score (nSPS) is 13.1. The SMILES string of the molecule is CC(C)[C@H](N)C(=O)Nc1ccc(C(F)(F)F)cc1C(=O)O. The van der Waals surface area contributed by atoms with Gasteiger partial charge in [0.15, 0.2) is 0 Å². The molecule has 0 saturated heterocycles. The van der Waals surface area contributed by atoms with Crippen molar-refractivity contribution in [2.24, 2.45) is 11.7 Å². The lowest BCUT2D eigenvalue weighted by atomic mass is 10.0. The smallest absolute Gasteiger partial charge is 0.416 e. The van der Waals surface area contributed by atoms with Gasteiger partial charge in [-0.3, -0.25) is 4.79 Å². The minimum atomic E-state index is -4.67. The quantitative estimate of drug-likeness (QED) is 0.796. The molecule has 0 radical (unpaired) electrons. The maximum Gasteiger partial charge on any atom is 0.416 e. The van der Waals surface area contributed by atoms with Gasteiger partial charge >= 0.3 is 12.1 Å². The Balaban J connectivity index is 3.14. The lowest BCUT2D eigenvalue weighted by Crippen LogP contribution is -2.40. The summed E-state index contributed by atoms with van der Waals surface area (Å²) >= 11 is 0. The molecule has 0 saturated carbocycles. The summed E-state index contributed by atoms with van der Waals surface area (Å²) in [5, 5.41) is 11.2. The first-order valence-corrected chi connectivity index (χ1v) is 6.05. The van der Waals surface area contributed by atoms with Crippen molar-refractivity contribution in [1.29, 1.82) is 0 Å². The van der Waals surface area contributed by atoms with Gasteiger partial charge in [-0.15, -0.1) is 0 Å². The number of carbonyl (C=O) groups excluding carboxylic acids is 1. The number of halogens is 3. The number of nitrogens with two attached hydrogens (primary N) is 1. The Kier molecular flexibility index (Phi) is 4.95. The molecule has 1 aromatic carbocycles. The third-order valence-electron chi connectivity index (χ3n) is 2.86. The van der Waals surface area contributed by atoms with Crippen molar-refractivity contribution in [2.45, 2.75) is 26.1 Å². The van der Waals surface area contributed by atoms with Crippen LogP contribution in [0.2, 0.25) is 0 Å². The maximum atomic E-state index is 12.6. The highest BCUT2D eigenvalue weighted by atomic mass is 19.4. The first-order valence-electron chi connectivity index (χ1n) is 6.05. The molecule has 5 nitrogen and oxygen atoms in total. The van der Waals surface area contributed by atoms with Crippen molar-refractivity contribution in [1.82, 2.24) is 0 Å². The van der Waals surface area contributed by atoms with Crippen molar-refractivity contribution in [3.63, 3.8) is 0 Å². The molecule has 21 heavy (non-hydrogen) atoms. The number of hydrogen-bond acceptors (Lipinski definition) is 3. The van der Waals surface area contributed by atoms with Gasteiger partial charge in [-0.2, -0.15) is 13.2 Å². The zero-order valence-electron chi connectivity index (χ0n) is 11.4. The van der Waals surface area contributed by atoms with Crippen LogP contribution in [0.15, 0.2) is 18.2 Å². The van der Waals surface area contributed by atoms with E-state index in [1.807, 2.05) is 0 Å². The van der Waals surface area contributed by atoms with Crippen LogP contribution in [0.4, 0.5) is 18.9 Å². The number of carboxylic acid groups (broad SMARTS) is 1. The van der Waals surface area contributed by atoms with E-state index in [1.165, 1.54) is 0 Å². The molecule has 0 spiro atoms. The van der Waals surface area contributed by atoms with Crippen molar-refractivity contribution < 1.29 is 27.9 Å². The number of aromatic carboxylic acids is 1. The van der Waals surface area contributed by atoms with Gasteiger partial charge in [-0.05, 0) is 24.1 Å².